The van der Waals surface area contributed by atoms with Crippen molar-refractivity contribution in [2.45, 2.75) is 90.8 Å². The summed E-state index contributed by atoms with van der Waals surface area (Å²) in [4.78, 5) is 40.5. The van der Waals surface area contributed by atoms with Gasteiger partial charge in [0, 0.05) is 18.9 Å². The highest BCUT2D eigenvalue weighted by Crippen LogP contribution is 2.65. The Morgan fingerprint density at radius 2 is 2.03 bits per heavy atom. The Kier molecular flexibility index (Phi) is 9.98. The van der Waals surface area contributed by atoms with Crippen LogP contribution in [0.2, 0.25) is 0 Å². The summed E-state index contributed by atoms with van der Waals surface area (Å²) in [6, 6.07) is 0. The molecule has 4 N–H and O–H groups in total. The summed E-state index contributed by atoms with van der Waals surface area (Å²) >= 11 is 0. The fourth-order valence-electron chi connectivity index (χ4n) is 6.60. The fourth-order valence-corrected chi connectivity index (χ4v) is 6.60. The van der Waals surface area contributed by atoms with Gasteiger partial charge in [-0.2, -0.15) is 0 Å². The van der Waals surface area contributed by atoms with Gasteiger partial charge >= 0.3 is 7.12 Å². The zero-order valence-electron chi connectivity index (χ0n) is 23.9. The second-order valence-corrected chi connectivity index (χ2v) is 12.3. The summed E-state index contributed by atoms with van der Waals surface area (Å²) in [7, 11) is -0.559. The standard InChI is InChI=1S/C27H44BN5O6/c1-7-8-11-20(34)14-18(10-9-12-30-25(29)32-33(36)37)24(35)31-23(13-17(2)3)28-38-22-16-19-15-21(26(19,4)5)27(22,6)39-28/h7-8,11,17-19,21-23H,1,9-10,12-16H2,2-6H3,(H,31,35)(H3,29,30,32)/b11-8+/t18-,19+,21+,22-,23+,27+/m1/s1. The van der Waals surface area contributed by atoms with Gasteiger partial charge in [0.15, 0.2) is 10.8 Å². The lowest BCUT2D eigenvalue weighted by Gasteiger charge is -2.64. The molecule has 4 rings (SSSR count). The Balaban J connectivity index is 1.70. The molecule has 1 saturated heterocycles. The van der Waals surface area contributed by atoms with Crippen LogP contribution in [-0.2, 0) is 18.9 Å². The number of allylic oxidation sites excluding steroid dienone is 3. The minimum Gasteiger partial charge on any atom is -0.404 e. The number of rotatable bonds is 14. The maximum absolute atomic E-state index is 13.6. The van der Waals surface area contributed by atoms with Crippen molar-refractivity contribution < 1.29 is 23.9 Å². The molecular formula is C27H44BN5O6. The topological polar surface area (TPSA) is 158 Å². The number of aliphatic imine (C=N–C) groups is 1. The quantitative estimate of drug-likeness (QED) is 0.0439. The molecule has 0 aromatic carbocycles. The first-order chi connectivity index (χ1) is 18.3. The van der Waals surface area contributed by atoms with Crippen LogP contribution in [0.4, 0.5) is 0 Å². The third kappa shape index (κ3) is 7.27. The first-order valence-corrected chi connectivity index (χ1v) is 13.9. The largest absolute Gasteiger partial charge is 0.481 e. The predicted molar refractivity (Wildman–Crippen MR) is 150 cm³/mol. The van der Waals surface area contributed by atoms with Crippen molar-refractivity contribution >= 4 is 24.8 Å². The maximum Gasteiger partial charge on any atom is 0.481 e. The number of nitrogens with zero attached hydrogens (tertiary/aromatic N) is 2. The summed E-state index contributed by atoms with van der Waals surface area (Å²) in [5, 5.41) is 12.9. The Hall–Kier alpha value is -2.73. The smallest absolute Gasteiger partial charge is 0.404 e. The summed E-state index contributed by atoms with van der Waals surface area (Å²) in [5.41, 5.74) is 7.09. The first kappa shape index (κ1) is 30.8. The van der Waals surface area contributed by atoms with Gasteiger partial charge < -0.3 is 20.4 Å². The van der Waals surface area contributed by atoms with Gasteiger partial charge in [0.2, 0.25) is 5.91 Å². The Labute approximate surface area is 231 Å². The van der Waals surface area contributed by atoms with Gasteiger partial charge in [-0.3, -0.25) is 9.59 Å². The highest BCUT2D eigenvalue weighted by molar-refractivity contribution is 6.47. The molecule has 0 unspecified atom stereocenters. The van der Waals surface area contributed by atoms with Gasteiger partial charge in [0.25, 0.3) is 5.96 Å². The number of hydrazine groups is 1. The van der Waals surface area contributed by atoms with Crippen LogP contribution < -0.4 is 16.5 Å². The lowest BCUT2D eigenvalue weighted by Crippen LogP contribution is -2.65. The Morgan fingerprint density at radius 3 is 2.64 bits per heavy atom. The third-order valence-corrected chi connectivity index (χ3v) is 8.79. The summed E-state index contributed by atoms with van der Waals surface area (Å²) in [6.07, 6.45) is 8.01. The first-order valence-electron chi connectivity index (χ1n) is 13.9. The molecule has 3 aliphatic carbocycles. The number of hydrogen-bond acceptors (Lipinski definition) is 7. The molecule has 1 aliphatic heterocycles. The Morgan fingerprint density at radius 1 is 1.31 bits per heavy atom. The molecule has 216 valence electrons. The minimum absolute atomic E-state index is 0.00310. The van der Waals surface area contributed by atoms with E-state index < -0.39 is 18.1 Å². The fraction of sp³-hybridized carbons (Fsp3) is 0.741. The van der Waals surface area contributed by atoms with Crippen molar-refractivity contribution in [2.24, 2.45) is 39.8 Å². The number of hydrogen-bond donors (Lipinski definition) is 3. The van der Waals surface area contributed by atoms with Crippen LogP contribution in [0.25, 0.3) is 0 Å². The van der Waals surface area contributed by atoms with Crippen molar-refractivity contribution in [3.8, 4) is 0 Å². The number of nitro groups is 1. The van der Waals surface area contributed by atoms with E-state index in [4.69, 9.17) is 15.0 Å². The van der Waals surface area contributed by atoms with Crippen LogP contribution in [0.1, 0.15) is 73.1 Å². The van der Waals surface area contributed by atoms with E-state index in [1.54, 1.807) is 11.5 Å². The molecule has 11 nitrogen and oxygen atoms in total. The zero-order valence-corrected chi connectivity index (χ0v) is 23.9. The average molecular weight is 545 g/mol. The van der Waals surface area contributed by atoms with E-state index in [1.165, 1.54) is 12.2 Å². The summed E-state index contributed by atoms with van der Waals surface area (Å²) in [5.74, 6) is -0.418. The summed E-state index contributed by atoms with van der Waals surface area (Å²) in [6.45, 7) is 14.7. The highest BCUT2D eigenvalue weighted by atomic mass is 16.7. The van der Waals surface area contributed by atoms with Crippen molar-refractivity contribution in [1.82, 2.24) is 10.7 Å². The molecule has 0 spiro atoms. The SMILES string of the molecule is C=C/C=C/C(=O)C[C@@H](CCCN=C(N)N[N+](=O)[O-])C(=O)N[C@@H](CC(C)C)B1O[C@@H]2C[C@@H]3C[C@@H](C3(C)C)[C@]2(C)O1. The van der Waals surface area contributed by atoms with Crippen LogP contribution in [0, 0.1) is 39.2 Å². The second kappa shape index (κ2) is 12.6. The molecular weight excluding hydrogens is 501 g/mol. The van der Waals surface area contributed by atoms with Crippen LogP contribution in [0.3, 0.4) is 0 Å². The van der Waals surface area contributed by atoms with Gasteiger partial charge in [-0.25, -0.2) is 15.1 Å². The molecule has 1 amide bonds. The van der Waals surface area contributed by atoms with E-state index >= 15 is 0 Å². The van der Waals surface area contributed by atoms with Crippen molar-refractivity contribution in [3.63, 3.8) is 0 Å². The lowest BCUT2D eigenvalue weighted by molar-refractivity contribution is -0.525. The molecule has 1 heterocycles. The zero-order chi connectivity index (χ0) is 29.0. The highest BCUT2D eigenvalue weighted by Gasteiger charge is 2.68. The monoisotopic (exact) mass is 545 g/mol. The van der Waals surface area contributed by atoms with E-state index in [0.29, 0.717) is 31.1 Å². The molecule has 12 heteroatoms. The normalized spacial score (nSPS) is 28.9. The van der Waals surface area contributed by atoms with Gasteiger partial charge in [-0.15, -0.1) is 0 Å². The number of ketones is 1. The number of amides is 1. The van der Waals surface area contributed by atoms with Crippen LogP contribution in [0.5, 0.6) is 0 Å². The van der Waals surface area contributed by atoms with E-state index in [9.17, 15) is 19.7 Å². The number of nitrogens with one attached hydrogen (secondary N) is 2. The number of nitrogens with two attached hydrogens (primary N) is 1. The second-order valence-electron chi connectivity index (χ2n) is 12.3. The Bertz CT molecular complexity index is 1000. The van der Waals surface area contributed by atoms with Gasteiger partial charge in [-0.05, 0) is 68.3 Å². The van der Waals surface area contributed by atoms with Gasteiger partial charge in [0.1, 0.15) is 0 Å². The molecule has 0 aromatic heterocycles. The number of guanidine groups is 1. The molecule has 6 atom stereocenters. The molecule has 4 aliphatic rings. The van der Waals surface area contributed by atoms with Crippen molar-refractivity contribution in [1.29, 1.82) is 0 Å². The van der Waals surface area contributed by atoms with Crippen molar-refractivity contribution in [2.75, 3.05) is 6.54 Å². The van der Waals surface area contributed by atoms with Gasteiger partial charge in [-0.1, -0.05) is 51.9 Å². The molecule has 0 radical (unpaired) electrons. The van der Waals surface area contributed by atoms with E-state index in [0.717, 1.165) is 12.8 Å². The molecule has 2 bridgehead atoms. The van der Waals surface area contributed by atoms with Gasteiger partial charge in [0.05, 0.1) is 17.6 Å². The molecule has 4 fully saturated rings. The third-order valence-electron chi connectivity index (χ3n) is 8.79. The maximum atomic E-state index is 13.6. The minimum atomic E-state index is -0.789. The van der Waals surface area contributed by atoms with Crippen LogP contribution in [-0.4, -0.2) is 54.0 Å². The van der Waals surface area contributed by atoms with E-state index in [-0.39, 0.29) is 59.6 Å². The van der Waals surface area contributed by atoms with E-state index in [1.807, 2.05) is 0 Å². The van der Waals surface area contributed by atoms with Crippen molar-refractivity contribution in [3.05, 3.63) is 34.9 Å². The summed E-state index contributed by atoms with van der Waals surface area (Å²) < 4.78 is 13.1. The number of carbonyl (C=O) groups is 2. The molecule has 39 heavy (non-hydrogen) atoms. The average Bonchev–Trinajstić information content (AvgIpc) is 3.20. The lowest BCUT2D eigenvalue weighted by atomic mass is 9.43. The number of carbonyl (C=O) groups excluding carboxylic acids is 2. The predicted octanol–water partition coefficient (Wildman–Crippen LogP) is 2.98. The van der Waals surface area contributed by atoms with Crippen LogP contribution in [0.15, 0.2) is 29.8 Å². The van der Waals surface area contributed by atoms with Crippen LogP contribution >= 0.6 is 0 Å². The molecule has 0 aromatic rings. The van der Waals surface area contributed by atoms with E-state index in [2.05, 4.69) is 51.5 Å². The molecule has 3 saturated carbocycles.